The number of H-pyrrole nitrogens is 1. The number of thiazole rings is 1. The molecule has 2 aromatic carbocycles. The molecular formula is C27H23F3N4O3S. The van der Waals surface area contributed by atoms with Gasteiger partial charge in [-0.2, -0.15) is 0 Å². The molecule has 0 aliphatic rings. The quantitative estimate of drug-likeness (QED) is 0.221. The van der Waals surface area contributed by atoms with Crippen molar-refractivity contribution < 1.29 is 27.4 Å². The summed E-state index contributed by atoms with van der Waals surface area (Å²) in [7, 11) is 1.69. The zero-order valence-electron chi connectivity index (χ0n) is 20.6. The molecule has 38 heavy (non-hydrogen) atoms. The number of aromatic nitrogens is 4. The van der Waals surface area contributed by atoms with Crippen molar-refractivity contribution in [3.63, 3.8) is 0 Å². The van der Waals surface area contributed by atoms with E-state index in [1.807, 2.05) is 0 Å². The van der Waals surface area contributed by atoms with Crippen molar-refractivity contribution in [3.05, 3.63) is 82.0 Å². The zero-order valence-corrected chi connectivity index (χ0v) is 21.4. The maximum Gasteiger partial charge on any atom is 0.306 e. The number of fused-ring (bicyclic) bond motifs is 1. The van der Waals surface area contributed by atoms with E-state index in [1.54, 1.807) is 37.1 Å². The zero-order chi connectivity index (χ0) is 26.8. The lowest BCUT2D eigenvalue weighted by Gasteiger charge is -2.11. The summed E-state index contributed by atoms with van der Waals surface area (Å²) < 4.78 is 56.4. The number of imidazole rings is 1. The lowest BCUT2D eigenvalue weighted by Crippen LogP contribution is -2.04. The van der Waals surface area contributed by atoms with Gasteiger partial charge in [0.1, 0.15) is 17.4 Å². The highest BCUT2D eigenvalue weighted by Crippen LogP contribution is 2.35. The van der Waals surface area contributed by atoms with Crippen LogP contribution >= 0.6 is 11.3 Å². The van der Waals surface area contributed by atoms with Crippen LogP contribution in [0, 0.1) is 17.5 Å². The van der Waals surface area contributed by atoms with Gasteiger partial charge in [0.15, 0.2) is 17.4 Å². The number of hydrogen-bond acceptors (Lipinski definition) is 6. The van der Waals surface area contributed by atoms with Gasteiger partial charge in [-0.15, -0.1) is 11.3 Å². The Morgan fingerprint density at radius 2 is 1.95 bits per heavy atom. The first-order chi connectivity index (χ1) is 18.3. The second kappa shape index (κ2) is 10.7. The third-order valence-electron chi connectivity index (χ3n) is 5.89. The second-order valence-electron chi connectivity index (χ2n) is 8.56. The smallest absolute Gasteiger partial charge is 0.306 e. The van der Waals surface area contributed by atoms with E-state index in [4.69, 9.17) is 9.47 Å². The second-order valence-corrected chi connectivity index (χ2v) is 9.76. The number of rotatable bonds is 9. The molecule has 1 N–H and O–H groups in total. The van der Waals surface area contributed by atoms with Gasteiger partial charge in [0.05, 0.1) is 29.1 Å². The van der Waals surface area contributed by atoms with Gasteiger partial charge in [0, 0.05) is 60.5 Å². The molecule has 0 spiro atoms. The van der Waals surface area contributed by atoms with Crippen LogP contribution in [0.1, 0.15) is 28.9 Å². The Kier molecular flexibility index (Phi) is 7.19. The molecule has 0 saturated heterocycles. The Labute approximate surface area is 219 Å². The number of esters is 1. The third kappa shape index (κ3) is 5.28. The summed E-state index contributed by atoms with van der Waals surface area (Å²) in [4.78, 5) is 24.2. The number of aromatic amines is 1. The third-order valence-corrected chi connectivity index (χ3v) is 6.95. The summed E-state index contributed by atoms with van der Waals surface area (Å²) in [5, 5.41) is 1.03. The molecular weight excluding hydrogens is 517 g/mol. The summed E-state index contributed by atoms with van der Waals surface area (Å²) in [6, 6.07) is 6.52. The number of carbonyl (C=O) groups excluding carboxylic acids is 1. The average Bonchev–Trinajstić information content (AvgIpc) is 3.63. The fraction of sp³-hybridized carbons (Fsp3) is 0.222. The van der Waals surface area contributed by atoms with Gasteiger partial charge in [-0.25, -0.2) is 23.1 Å². The number of nitrogens with one attached hydrogen (secondary N) is 1. The maximum atomic E-state index is 15.0. The van der Waals surface area contributed by atoms with Crippen molar-refractivity contribution in [2.24, 2.45) is 7.05 Å². The number of aryl methyl sites for hydroxylation is 2. The maximum absolute atomic E-state index is 15.0. The molecule has 0 amide bonds. The van der Waals surface area contributed by atoms with E-state index in [-0.39, 0.29) is 34.9 Å². The van der Waals surface area contributed by atoms with Crippen LogP contribution < -0.4 is 4.74 Å². The fourth-order valence-electron chi connectivity index (χ4n) is 4.04. The molecule has 0 unspecified atom stereocenters. The Morgan fingerprint density at radius 1 is 1.11 bits per heavy atom. The predicted molar refractivity (Wildman–Crippen MR) is 137 cm³/mol. The molecule has 0 bridgehead atoms. The van der Waals surface area contributed by atoms with E-state index in [1.165, 1.54) is 35.6 Å². The number of ether oxygens (including phenoxy) is 2. The highest BCUT2D eigenvalue weighted by atomic mass is 32.1. The first-order valence-corrected chi connectivity index (χ1v) is 12.7. The van der Waals surface area contributed by atoms with Crippen LogP contribution in [0.2, 0.25) is 0 Å². The Bertz CT molecular complexity index is 1630. The van der Waals surface area contributed by atoms with Crippen molar-refractivity contribution >= 4 is 28.2 Å². The predicted octanol–water partition coefficient (Wildman–Crippen LogP) is 6.32. The molecule has 0 fully saturated rings. The van der Waals surface area contributed by atoms with Crippen LogP contribution in [0.5, 0.6) is 11.5 Å². The monoisotopic (exact) mass is 540 g/mol. The Morgan fingerprint density at radius 3 is 2.76 bits per heavy atom. The van der Waals surface area contributed by atoms with Gasteiger partial charge in [-0.3, -0.25) is 4.79 Å². The standard InChI is InChI=1S/C27H23F3N4O3S/c1-3-36-24(35)7-6-23-31-14-17(38-23)10-15-13-32-27(33-15)19-11-16(4-5-20(19)28)37-26-21(29)12-22-18(25(26)30)8-9-34(22)2/h4-5,8-9,11-14H,3,6-7,10H2,1-2H3,(H,32,33). The van der Waals surface area contributed by atoms with Crippen LogP contribution in [-0.4, -0.2) is 32.1 Å². The summed E-state index contributed by atoms with van der Waals surface area (Å²) in [5.74, 6) is -2.80. The van der Waals surface area contributed by atoms with Crippen molar-refractivity contribution in [1.29, 1.82) is 0 Å². The minimum atomic E-state index is -0.867. The minimum Gasteiger partial charge on any atom is -0.466 e. The van der Waals surface area contributed by atoms with Crippen LogP contribution in [0.25, 0.3) is 22.3 Å². The molecule has 7 nitrogen and oxygen atoms in total. The van der Waals surface area contributed by atoms with Crippen LogP contribution in [0.15, 0.2) is 48.9 Å². The molecule has 0 radical (unpaired) electrons. The summed E-state index contributed by atoms with van der Waals surface area (Å²) in [6.07, 6.45) is 6.18. The van der Waals surface area contributed by atoms with Crippen LogP contribution in [0.4, 0.5) is 13.2 Å². The molecule has 0 saturated carbocycles. The number of nitrogens with zero attached hydrogens (tertiary/aromatic N) is 3. The van der Waals surface area contributed by atoms with Crippen LogP contribution in [-0.2, 0) is 29.4 Å². The van der Waals surface area contributed by atoms with E-state index >= 15 is 0 Å². The molecule has 0 atom stereocenters. The highest BCUT2D eigenvalue weighted by Gasteiger charge is 2.19. The van der Waals surface area contributed by atoms with Gasteiger partial charge in [0.25, 0.3) is 0 Å². The first kappa shape index (κ1) is 25.5. The lowest BCUT2D eigenvalue weighted by atomic mass is 10.2. The molecule has 196 valence electrons. The van der Waals surface area contributed by atoms with E-state index in [9.17, 15) is 18.0 Å². The van der Waals surface area contributed by atoms with Crippen molar-refractivity contribution in [2.45, 2.75) is 26.2 Å². The Hall–Kier alpha value is -4.12. The first-order valence-electron chi connectivity index (χ1n) is 11.9. The number of hydrogen-bond donors (Lipinski definition) is 1. The molecule has 0 aliphatic carbocycles. The number of carbonyl (C=O) groups is 1. The normalized spacial score (nSPS) is 11.3. The van der Waals surface area contributed by atoms with Gasteiger partial charge in [0.2, 0.25) is 0 Å². The van der Waals surface area contributed by atoms with Crippen LogP contribution in [0.3, 0.4) is 0 Å². The summed E-state index contributed by atoms with van der Waals surface area (Å²) in [6.45, 7) is 2.11. The highest BCUT2D eigenvalue weighted by molar-refractivity contribution is 7.11. The molecule has 5 aromatic rings. The van der Waals surface area contributed by atoms with Crippen molar-refractivity contribution in [1.82, 2.24) is 19.5 Å². The molecule has 3 heterocycles. The molecule has 11 heteroatoms. The van der Waals surface area contributed by atoms with E-state index in [2.05, 4.69) is 15.0 Å². The summed E-state index contributed by atoms with van der Waals surface area (Å²) in [5.41, 5.74) is 1.20. The topological polar surface area (TPSA) is 82.0 Å². The van der Waals surface area contributed by atoms with Crippen molar-refractivity contribution in [3.8, 4) is 22.9 Å². The number of benzene rings is 2. The van der Waals surface area contributed by atoms with E-state index in [0.717, 1.165) is 21.6 Å². The lowest BCUT2D eigenvalue weighted by molar-refractivity contribution is -0.143. The molecule has 0 aliphatic heterocycles. The Balaban J connectivity index is 1.32. The molecule has 5 rings (SSSR count). The fourth-order valence-corrected chi connectivity index (χ4v) is 4.99. The minimum absolute atomic E-state index is 0.0566. The average molecular weight is 541 g/mol. The van der Waals surface area contributed by atoms with Gasteiger partial charge < -0.3 is 19.0 Å². The van der Waals surface area contributed by atoms with Crippen molar-refractivity contribution in [2.75, 3.05) is 6.61 Å². The SMILES string of the molecule is CCOC(=O)CCc1ncc(Cc2cnc(-c3cc(Oc4c(F)cc5c(ccn5C)c4F)ccc3F)[nH]2)s1. The number of halogens is 3. The largest absolute Gasteiger partial charge is 0.466 e. The van der Waals surface area contributed by atoms with E-state index < -0.39 is 23.2 Å². The summed E-state index contributed by atoms with van der Waals surface area (Å²) >= 11 is 1.47. The molecule has 3 aromatic heterocycles. The van der Waals surface area contributed by atoms with Gasteiger partial charge in [-0.05, 0) is 31.2 Å². The van der Waals surface area contributed by atoms with E-state index in [0.29, 0.717) is 25.0 Å². The van der Waals surface area contributed by atoms with Gasteiger partial charge >= 0.3 is 5.97 Å². The van der Waals surface area contributed by atoms with Gasteiger partial charge in [-0.1, -0.05) is 0 Å².